The minimum Gasteiger partial charge on any atom is -0.480 e. The van der Waals surface area contributed by atoms with E-state index in [2.05, 4.69) is 78.9 Å². The van der Waals surface area contributed by atoms with Crippen molar-refractivity contribution in [1.82, 2.24) is 0 Å². The third-order valence-corrected chi connectivity index (χ3v) is 0.614. The third kappa shape index (κ3) is 276. The fourth-order valence-electron chi connectivity index (χ4n) is 0.0781. The van der Waals surface area contributed by atoms with Crippen LogP contribution in [0.2, 0.25) is 0 Å². The topological polar surface area (TPSA) is 124 Å². The summed E-state index contributed by atoms with van der Waals surface area (Å²) in [5, 5.41) is 31.1. The second-order valence-electron chi connectivity index (χ2n) is 1.57. The normalized spacial score (nSPS) is 6.43. The summed E-state index contributed by atoms with van der Waals surface area (Å²) in [5.74, 6) is -1.18. The molecule has 0 spiro atoms. The lowest BCUT2D eigenvalue weighted by Gasteiger charge is -1.96. The molecular weight excluding hydrogens is 298 g/mol. The van der Waals surface area contributed by atoms with Crippen molar-refractivity contribution in [2.24, 2.45) is 5.73 Å². The number of hydrogen-bond acceptors (Lipinski definition) is 5. The summed E-state index contributed by atoms with van der Waals surface area (Å²) >= 11 is 0. The molecule has 0 saturated carbocycles. The van der Waals surface area contributed by atoms with Crippen LogP contribution in [-0.2, 0) is 4.79 Å². The Morgan fingerprint density at radius 2 is 0.870 bits per heavy atom. The molecule has 0 radical (unpaired) electrons. The molecule has 0 rings (SSSR count). The van der Waals surface area contributed by atoms with Crippen molar-refractivity contribution in [3.8, 4) is 0 Å². The fraction of sp³-hybridized carbons (Fsp3) is 0.235. The highest BCUT2D eigenvalue weighted by molar-refractivity contribution is 5.73. The van der Waals surface area contributed by atoms with Gasteiger partial charge in [0.05, 0.1) is 19.8 Å². The first-order valence-corrected chi connectivity index (χ1v) is 5.91. The molecule has 0 aliphatic carbocycles. The summed E-state index contributed by atoms with van der Waals surface area (Å²) in [7, 11) is 0. The highest BCUT2D eigenvalue weighted by atomic mass is 16.4. The Labute approximate surface area is 142 Å². The molecule has 1 atom stereocenters. The molecule has 1 unspecified atom stereocenters. The Hall–Kier alpha value is -2.25. The predicted octanol–water partition coefficient (Wildman–Crippen LogP) is 2.17. The summed E-state index contributed by atoms with van der Waals surface area (Å²) in [5.41, 5.74) is 4.77. The minimum atomic E-state index is -1.18. The van der Waals surface area contributed by atoms with Crippen LogP contribution in [0.25, 0.3) is 0 Å². The Morgan fingerprint density at radius 3 is 0.870 bits per heavy atom. The van der Waals surface area contributed by atoms with Gasteiger partial charge in [-0.2, -0.15) is 0 Å². The molecule has 0 aliphatic rings. The van der Waals surface area contributed by atoms with Crippen LogP contribution in [0, 0.1) is 0 Å². The highest BCUT2D eigenvalue weighted by Gasteiger charge is 2.06. The molecular formula is C17H37NO5. The number of carbonyl (C=O) groups is 1. The molecule has 0 bridgehead atoms. The van der Waals surface area contributed by atoms with Gasteiger partial charge in [0.25, 0.3) is 0 Å². The summed E-state index contributed by atoms with van der Waals surface area (Å²) < 4.78 is 0. The van der Waals surface area contributed by atoms with Gasteiger partial charge in [0.15, 0.2) is 0 Å². The van der Waals surface area contributed by atoms with Gasteiger partial charge in [-0.05, 0) is 0 Å². The van der Waals surface area contributed by atoms with Gasteiger partial charge in [0.2, 0.25) is 0 Å². The Morgan fingerprint density at radius 1 is 0.696 bits per heavy atom. The summed E-state index contributed by atoms with van der Waals surface area (Å²) in [6.45, 7) is 35.2. The second kappa shape index (κ2) is 152. The van der Waals surface area contributed by atoms with Crippen molar-refractivity contribution in [2.45, 2.75) is 6.04 Å². The number of hydrogen-bond donors (Lipinski definition) is 5. The van der Waals surface area contributed by atoms with Gasteiger partial charge in [0.1, 0.15) is 6.04 Å². The number of aliphatic hydroxyl groups is 3. The number of carboxylic acids is 1. The molecule has 0 aromatic heterocycles. The molecule has 6 nitrogen and oxygen atoms in total. The van der Waals surface area contributed by atoms with E-state index in [-0.39, 0.29) is 13.2 Å². The zero-order valence-electron chi connectivity index (χ0n) is 14.5. The molecule has 23 heavy (non-hydrogen) atoms. The Bertz CT molecular complexity index is 152. The van der Waals surface area contributed by atoms with Crippen LogP contribution in [0.3, 0.4) is 0 Å². The van der Waals surface area contributed by atoms with Crippen molar-refractivity contribution >= 4 is 5.97 Å². The van der Waals surface area contributed by atoms with E-state index in [0.29, 0.717) is 0 Å². The lowest BCUT2D eigenvalue weighted by Crippen LogP contribution is -2.33. The average Bonchev–Trinajstić information content (AvgIpc) is 2.70. The monoisotopic (exact) mass is 335 g/mol. The van der Waals surface area contributed by atoms with Crippen molar-refractivity contribution < 1.29 is 25.2 Å². The van der Waals surface area contributed by atoms with Crippen LogP contribution in [0.5, 0.6) is 0 Å². The number of nitrogens with two attached hydrogens (primary N) is 1. The average molecular weight is 335 g/mol. The molecule has 6 N–H and O–H groups in total. The predicted molar refractivity (Wildman–Crippen MR) is 104 cm³/mol. The van der Waals surface area contributed by atoms with E-state index in [0.717, 1.165) is 0 Å². The number of aliphatic hydroxyl groups excluding tert-OH is 3. The smallest absolute Gasteiger partial charge is 0.322 e. The molecule has 0 fully saturated rings. The van der Waals surface area contributed by atoms with Crippen LogP contribution in [0.1, 0.15) is 0 Å². The van der Waals surface area contributed by atoms with Gasteiger partial charge < -0.3 is 26.2 Å². The zero-order valence-corrected chi connectivity index (χ0v) is 14.5. The number of aliphatic carboxylic acids is 1. The zero-order chi connectivity index (χ0) is 21.3. The maximum atomic E-state index is 9.65. The standard InChI is InChI=1S/C3H7NO3.C2H6O2.6C2H4/c4-2(1-5)3(6)7;3-1-2-4;6*1-2/h2,5H,1,4H2,(H,6,7);3-4H,1-2H2;6*1-2H2. The van der Waals surface area contributed by atoms with Gasteiger partial charge in [-0.3, -0.25) is 4.79 Å². The van der Waals surface area contributed by atoms with Gasteiger partial charge in [0, 0.05) is 0 Å². The van der Waals surface area contributed by atoms with E-state index >= 15 is 0 Å². The third-order valence-electron chi connectivity index (χ3n) is 0.614. The van der Waals surface area contributed by atoms with Crippen LogP contribution < -0.4 is 5.73 Å². The number of rotatable bonds is 3. The van der Waals surface area contributed by atoms with Gasteiger partial charge >= 0.3 is 5.97 Å². The lowest BCUT2D eigenvalue weighted by atomic mass is 10.3. The van der Waals surface area contributed by atoms with Gasteiger partial charge in [-0.25, -0.2) is 0 Å². The highest BCUT2D eigenvalue weighted by Crippen LogP contribution is 1.71. The maximum Gasteiger partial charge on any atom is 0.322 e. The molecule has 140 valence electrons. The first kappa shape index (κ1) is 49.8. The van der Waals surface area contributed by atoms with Crippen LogP contribution in [0.4, 0.5) is 0 Å². The van der Waals surface area contributed by atoms with Crippen molar-refractivity contribution in [3.63, 3.8) is 0 Å². The molecule has 0 aliphatic heterocycles. The molecule has 0 amide bonds. The second-order valence-corrected chi connectivity index (χ2v) is 1.57. The molecule has 6 heteroatoms. The Balaban J connectivity index is -0.0000000205. The van der Waals surface area contributed by atoms with Crippen molar-refractivity contribution in [1.29, 1.82) is 0 Å². The first-order valence-electron chi connectivity index (χ1n) is 5.91. The molecule has 0 saturated heterocycles. The van der Waals surface area contributed by atoms with Crippen LogP contribution >= 0.6 is 0 Å². The fourth-order valence-corrected chi connectivity index (χ4v) is 0.0781. The number of carboxylic acid groups (broad SMARTS) is 1. The molecule has 0 heterocycles. The van der Waals surface area contributed by atoms with E-state index in [1.165, 1.54) is 0 Å². The van der Waals surface area contributed by atoms with Crippen LogP contribution in [0.15, 0.2) is 78.9 Å². The van der Waals surface area contributed by atoms with E-state index in [1.54, 1.807) is 0 Å². The van der Waals surface area contributed by atoms with E-state index < -0.39 is 18.6 Å². The van der Waals surface area contributed by atoms with Crippen molar-refractivity contribution in [2.75, 3.05) is 19.8 Å². The van der Waals surface area contributed by atoms with E-state index in [9.17, 15) is 4.79 Å². The quantitative estimate of drug-likeness (QED) is 0.504. The Kier molecular flexibility index (Phi) is 330. The van der Waals surface area contributed by atoms with Gasteiger partial charge in [-0.1, -0.05) is 0 Å². The van der Waals surface area contributed by atoms with E-state index in [4.69, 9.17) is 26.2 Å². The van der Waals surface area contributed by atoms with E-state index in [1.807, 2.05) is 0 Å². The van der Waals surface area contributed by atoms with Crippen molar-refractivity contribution in [3.05, 3.63) is 78.9 Å². The SMILES string of the molecule is C=C.C=C.C=C.C=C.C=C.C=C.NC(CO)C(=O)O.OCCO. The maximum absolute atomic E-state index is 9.65. The van der Waals surface area contributed by atoms with Gasteiger partial charge in [-0.15, -0.1) is 78.9 Å². The lowest BCUT2D eigenvalue weighted by molar-refractivity contribution is -0.139. The summed E-state index contributed by atoms with van der Waals surface area (Å²) in [6.07, 6.45) is 0. The first-order chi connectivity index (χ1) is 11.1. The minimum absolute atomic E-state index is 0.125. The molecule has 0 aromatic carbocycles. The summed E-state index contributed by atoms with van der Waals surface area (Å²) in [6, 6.07) is -1.13. The largest absolute Gasteiger partial charge is 0.480 e. The summed E-state index contributed by atoms with van der Waals surface area (Å²) in [4.78, 5) is 9.65. The van der Waals surface area contributed by atoms with Crippen LogP contribution in [-0.4, -0.2) is 52.3 Å². The molecule has 0 aromatic rings.